The highest BCUT2D eigenvalue weighted by Crippen LogP contribution is 2.30. The third-order valence-corrected chi connectivity index (χ3v) is 5.33. The smallest absolute Gasteiger partial charge is 0.175 e. The second-order valence-corrected chi connectivity index (χ2v) is 7.60. The van der Waals surface area contributed by atoms with Crippen LogP contribution in [0.4, 0.5) is 5.69 Å². The summed E-state index contributed by atoms with van der Waals surface area (Å²) in [6.07, 6.45) is 4.93. The molecule has 2 unspecified atom stereocenters. The maximum absolute atomic E-state index is 11.6. The Morgan fingerprint density at radius 3 is 2.89 bits per heavy atom. The molecule has 104 valence electrons. The van der Waals surface area contributed by atoms with Crippen LogP contribution in [0.15, 0.2) is 29.2 Å². The largest absolute Gasteiger partial charge is 0.381 e. The highest BCUT2D eigenvalue weighted by molar-refractivity contribution is 7.90. The first-order chi connectivity index (χ1) is 9.04. The zero-order chi connectivity index (χ0) is 13.5. The minimum absolute atomic E-state index is 0.388. The summed E-state index contributed by atoms with van der Waals surface area (Å²) in [4.78, 5) is 2.93. The Bertz CT molecular complexity index is 571. The molecule has 2 aliphatic rings. The second-order valence-electron chi connectivity index (χ2n) is 5.59. The minimum atomic E-state index is -3.13. The van der Waals surface area contributed by atoms with Crippen LogP contribution < -0.4 is 5.32 Å². The fourth-order valence-corrected chi connectivity index (χ4v) is 3.95. The summed E-state index contributed by atoms with van der Waals surface area (Å²) in [5, 5.41) is 3.52. The van der Waals surface area contributed by atoms with Crippen molar-refractivity contribution in [2.45, 2.75) is 36.2 Å². The number of benzene rings is 1. The van der Waals surface area contributed by atoms with Gasteiger partial charge in [0, 0.05) is 30.6 Å². The Morgan fingerprint density at radius 1 is 1.26 bits per heavy atom. The zero-order valence-corrected chi connectivity index (χ0v) is 12.0. The molecule has 1 N–H and O–H groups in total. The van der Waals surface area contributed by atoms with Gasteiger partial charge in [-0.3, -0.25) is 4.90 Å². The highest BCUT2D eigenvalue weighted by atomic mass is 32.2. The maximum Gasteiger partial charge on any atom is 0.175 e. The molecule has 3 rings (SSSR count). The van der Waals surface area contributed by atoms with Gasteiger partial charge in [0.1, 0.15) is 0 Å². The number of anilines is 1. The Kier molecular flexibility index (Phi) is 3.27. The molecular formula is C14H20N2O2S. The normalized spacial score (nSPS) is 27.4. The van der Waals surface area contributed by atoms with Crippen LogP contribution in [0.2, 0.25) is 0 Å². The molecule has 1 aromatic rings. The van der Waals surface area contributed by atoms with E-state index in [0.29, 0.717) is 17.0 Å². The van der Waals surface area contributed by atoms with Crippen molar-refractivity contribution in [1.29, 1.82) is 0 Å². The Hall–Kier alpha value is -1.07. The van der Waals surface area contributed by atoms with Crippen molar-refractivity contribution in [3.8, 4) is 0 Å². The molecule has 0 radical (unpaired) electrons. The molecule has 0 aliphatic carbocycles. The molecule has 2 aliphatic heterocycles. The van der Waals surface area contributed by atoms with E-state index in [1.165, 1.54) is 25.6 Å². The molecule has 4 nitrogen and oxygen atoms in total. The van der Waals surface area contributed by atoms with Crippen molar-refractivity contribution >= 4 is 15.5 Å². The van der Waals surface area contributed by atoms with E-state index in [-0.39, 0.29) is 0 Å². The van der Waals surface area contributed by atoms with E-state index in [9.17, 15) is 8.42 Å². The first-order valence-corrected chi connectivity index (χ1v) is 8.74. The van der Waals surface area contributed by atoms with Crippen molar-refractivity contribution in [3.63, 3.8) is 0 Å². The lowest BCUT2D eigenvalue weighted by Crippen LogP contribution is -2.33. The second kappa shape index (κ2) is 4.80. The van der Waals surface area contributed by atoms with Gasteiger partial charge in [0.05, 0.1) is 4.90 Å². The van der Waals surface area contributed by atoms with Gasteiger partial charge in [0.2, 0.25) is 0 Å². The van der Waals surface area contributed by atoms with Gasteiger partial charge in [0.25, 0.3) is 0 Å². The molecular weight excluding hydrogens is 260 g/mol. The summed E-state index contributed by atoms with van der Waals surface area (Å²) >= 11 is 0. The summed E-state index contributed by atoms with van der Waals surface area (Å²) in [7, 11) is -3.13. The number of hydrogen-bond donors (Lipinski definition) is 1. The SMILES string of the molecule is CS(=O)(=O)c1cccc(NC2CCN3CCCC23)c1. The molecule has 1 aromatic carbocycles. The predicted octanol–water partition coefficient (Wildman–Crippen LogP) is 1.74. The summed E-state index contributed by atoms with van der Waals surface area (Å²) in [5.74, 6) is 0. The van der Waals surface area contributed by atoms with Crippen LogP contribution in [0, 0.1) is 0 Å². The Balaban J connectivity index is 1.77. The fraction of sp³-hybridized carbons (Fsp3) is 0.571. The molecule has 2 atom stereocenters. The molecule has 0 aromatic heterocycles. The van der Waals surface area contributed by atoms with E-state index in [2.05, 4.69) is 10.2 Å². The molecule has 2 heterocycles. The average Bonchev–Trinajstić information content (AvgIpc) is 2.93. The standard InChI is InChI=1S/C14H20N2O2S/c1-19(17,18)12-5-2-4-11(10-12)15-13-7-9-16-8-3-6-14(13)16/h2,4-5,10,13-15H,3,6-9H2,1H3. The van der Waals surface area contributed by atoms with Gasteiger partial charge in [-0.15, -0.1) is 0 Å². The topological polar surface area (TPSA) is 49.4 Å². The van der Waals surface area contributed by atoms with E-state index < -0.39 is 9.84 Å². The van der Waals surface area contributed by atoms with Crippen molar-refractivity contribution in [1.82, 2.24) is 4.90 Å². The molecule has 0 amide bonds. The number of nitrogens with zero attached hydrogens (tertiary/aromatic N) is 1. The van der Waals surface area contributed by atoms with E-state index in [4.69, 9.17) is 0 Å². The first kappa shape index (κ1) is 12.9. The Morgan fingerprint density at radius 2 is 2.11 bits per heavy atom. The van der Waals surface area contributed by atoms with Crippen LogP contribution in [0.25, 0.3) is 0 Å². The fourth-order valence-electron chi connectivity index (χ4n) is 3.28. The number of sulfone groups is 1. The van der Waals surface area contributed by atoms with Gasteiger partial charge < -0.3 is 5.32 Å². The molecule has 0 spiro atoms. The van der Waals surface area contributed by atoms with Crippen LogP contribution in [0.1, 0.15) is 19.3 Å². The van der Waals surface area contributed by atoms with Crippen molar-refractivity contribution in [2.24, 2.45) is 0 Å². The number of hydrogen-bond acceptors (Lipinski definition) is 4. The van der Waals surface area contributed by atoms with Gasteiger partial charge in [-0.05, 0) is 44.0 Å². The lowest BCUT2D eigenvalue weighted by Gasteiger charge is -2.22. The quantitative estimate of drug-likeness (QED) is 0.916. The molecule has 19 heavy (non-hydrogen) atoms. The lowest BCUT2D eigenvalue weighted by atomic mass is 10.1. The maximum atomic E-state index is 11.6. The number of fused-ring (bicyclic) bond motifs is 1. The summed E-state index contributed by atoms with van der Waals surface area (Å²) < 4.78 is 23.1. The first-order valence-electron chi connectivity index (χ1n) is 6.85. The molecule has 5 heteroatoms. The van der Waals surface area contributed by atoms with Gasteiger partial charge in [-0.2, -0.15) is 0 Å². The highest BCUT2D eigenvalue weighted by Gasteiger charge is 2.36. The molecule has 2 fully saturated rings. The minimum Gasteiger partial charge on any atom is -0.381 e. The third-order valence-electron chi connectivity index (χ3n) is 4.22. The van der Waals surface area contributed by atoms with Crippen LogP contribution in [-0.4, -0.2) is 44.7 Å². The summed E-state index contributed by atoms with van der Waals surface area (Å²) in [6.45, 7) is 2.38. The van der Waals surface area contributed by atoms with Crippen LogP contribution in [0.5, 0.6) is 0 Å². The monoisotopic (exact) mass is 280 g/mol. The van der Waals surface area contributed by atoms with Crippen molar-refractivity contribution < 1.29 is 8.42 Å². The third kappa shape index (κ3) is 2.62. The van der Waals surface area contributed by atoms with E-state index in [0.717, 1.165) is 18.7 Å². The summed E-state index contributed by atoms with van der Waals surface area (Å²) in [5.41, 5.74) is 0.918. The van der Waals surface area contributed by atoms with Gasteiger partial charge in [-0.25, -0.2) is 8.42 Å². The van der Waals surface area contributed by atoms with Crippen LogP contribution in [0.3, 0.4) is 0 Å². The van der Waals surface area contributed by atoms with Crippen molar-refractivity contribution in [2.75, 3.05) is 24.7 Å². The van der Waals surface area contributed by atoms with E-state index >= 15 is 0 Å². The number of nitrogens with one attached hydrogen (secondary N) is 1. The van der Waals surface area contributed by atoms with Crippen LogP contribution >= 0.6 is 0 Å². The van der Waals surface area contributed by atoms with Crippen molar-refractivity contribution in [3.05, 3.63) is 24.3 Å². The van der Waals surface area contributed by atoms with Gasteiger partial charge in [-0.1, -0.05) is 6.07 Å². The summed E-state index contributed by atoms with van der Waals surface area (Å²) in [6, 6.07) is 8.23. The average molecular weight is 280 g/mol. The van der Waals surface area contributed by atoms with Crippen LogP contribution in [-0.2, 0) is 9.84 Å². The van der Waals surface area contributed by atoms with E-state index in [1.54, 1.807) is 18.2 Å². The van der Waals surface area contributed by atoms with Gasteiger partial charge >= 0.3 is 0 Å². The molecule has 2 saturated heterocycles. The molecule has 0 saturated carbocycles. The lowest BCUT2D eigenvalue weighted by molar-refractivity contribution is 0.318. The predicted molar refractivity (Wildman–Crippen MR) is 76.2 cm³/mol. The van der Waals surface area contributed by atoms with Gasteiger partial charge in [0.15, 0.2) is 9.84 Å². The number of rotatable bonds is 3. The Labute approximate surface area is 114 Å². The molecule has 0 bridgehead atoms. The zero-order valence-electron chi connectivity index (χ0n) is 11.2. The van der Waals surface area contributed by atoms with E-state index in [1.807, 2.05) is 6.07 Å².